The van der Waals surface area contributed by atoms with Crippen molar-refractivity contribution in [2.45, 2.75) is 25.4 Å². The fourth-order valence-corrected chi connectivity index (χ4v) is 2.13. The Kier molecular flexibility index (Phi) is 4.02. The van der Waals surface area contributed by atoms with Gasteiger partial charge in [-0.2, -0.15) is 0 Å². The van der Waals surface area contributed by atoms with Gasteiger partial charge in [-0.25, -0.2) is 4.39 Å². The Bertz CT molecular complexity index is 333. The van der Waals surface area contributed by atoms with E-state index in [1.54, 1.807) is 6.07 Å². The maximum atomic E-state index is 13.0. The summed E-state index contributed by atoms with van der Waals surface area (Å²) in [6, 6.07) is 4.47. The molecule has 1 aliphatic rings. The maximum absolute atomic E-state index is 13.0. The van der Waals surface area contributed by atoms with Gasteiger partial charge in [0.25, 0.3) is 0 Å². The van der Waals surface area contributed by atoms with Gasteiger partial charge in [0.2, 0.25) is 0 Å². The lowest BCUT2D eigenvalue weighted by Crippen LogP contribution is -2.12. The predicted molar refractivity (Wildman–Crippen MR) is 63.5 cm³/mol. The minimum Gasteiger partial charge on any atom is -0.385 e. The summed E-state index contributed by atoms with van der Waals surface area (Å²) in [5.41, 5.74) is 0.725. The third-order valence-corrected chi connectivity index (χ3v) is 2.90. The molecule has 2 nitrogen and oxygen atoms in total. The van der Waals surface area contributed by atoms with Crippen LogP contribution in [-0.4, -0.2) is 19.3 Å². The Morgan fingerprint density at radius 2 is 2.31 bits per heavy atom. The second-order valence-electron chi connectivity index (χ2n) is 4.01. The highest BCUT2D eigenvalue weighted by atomic mass is 35.5. The van der Waals surface area contributed by atoms with Crippen LogP contribution >= 0.6 is 11.6 Å². The zero-order chi connectivity index (χ0) is 11.4. The van der Waals surface area contributed by atoms with Gasteiger partial charge in [-0.1, -0.05) is 11.6 Å². The lowest BCUT2D eigenvalue weighted by molar-refractivity contribution is 0.107. The van der Waals surface area contributed by atoms with Gasteiger partial charge in [0, 0.05) is 23.9 Å². The average molecular weight is 244 g/mol. The summed E-state index contributed by atoms with van der Waals surface area (Å²) in [5, 5.41) is 3.57. The molecule has 4 heteroatoms. The Hall–Kier alpha value is -0.800. The zero-order valence-corrected chi connectivity index (χ0v) is 9.77. The van der Waals surface area contributed by atoms with Gasteiger partial charge in [-0.3, -0.25) is 0 Å². The van der Waals surface area contributed by atoms with E-state index in [2.05, 4.69) is 5.32 Å². The fourth-order valence-electron chi connectivity index (χ4n) is 1.91. The number of hydrogen-bond donors (Lipinski definition) is 1. The lowest BCUT2D eigenvalue weighted by atomic mass is 10.2. The number of hydrogen-bond acceptors (Lipinski definition) is 2. The van der Waals surface area contributed by atoms with Crippen molar-refractivity contribution in [3.63, 3.8) is 0 Å². The van der Waals surface area contributed by atoms with E-state index in [-0.39, 0.29) is 5.82 Å². The first-order valence-corrected chi connectivity index (χ1v) is 5.93. The summed E-state index contributed by atoms with van der Waals surface area (Å²) in [6.45, 7) is 1.65. The van der Waals surface area contributed by atoms with Crippen LogP contribution in [0.5, 0.6) is 0 Å². The Balaban J connectivity index is 1.80. The molecule has 0 bridgehead atoms. The van der Waals surface area contributed by atoms with Crippen molar-refractivity contribution in [2.75, 3.05) is 18.5 Å². The molecule has 1 N–H and O–H groups in total. The minimum absolute atomic E-state index is 0.313. The third-order valence-electron chi connectivity index (χ3n) is 2.68. The summed E-state index contributed by atoms with van der Waals surface area (Å²) in [7, 11) is 0. The van der Waals surface area contributed by atoms with Crippen LogP contribution in [0.25, 0.3) is 0 Å². The summed E-state index contributed by atoms with van der Waals surface area (Å²) < 4.78 is 18.5. The number of anilines is 1. The van der Waals surface area contributed by atoms with Gasteiger partial charge in [0.15, 0.2) is 0 Å². The van der Waals surface area contributed by atoms with Gasteiger partial charge >= 0.3 is 0 Å². The Morgan fingerprint density at radius 1 is 1.44 bits per heavy atom. The van der Waals surface area contributed by atoms with Crippen LogP contribution in [0.2, 0.25) is 5.02 Å². The van der Waals surface area contributed by atoms with E-state index in [0.29, 0.717) is 11.1 Å². The summed E-state index contributed by atoms with van der Waals surface area (Å²) in [4.78, 5) is 0. The fraction of sp³-hybridized carbons (Fsp3) is 0.500. The normalized spacial score (nSPS) is 20.0. The largest absolute Gasteiger partial charge is 0.385 e. The quantitative estimate of drug-likeness (QED) is 0.875. The highest BCUT2D eigenvalue weighted by Gasteiger charge is 2.14. The van der Waals surface area contributed by atoms with Crippen molar-refractivity contribution in [1.29, 1.82) is 0 Å². The van der Waals surface area contributed by atoms with Crippen LogP contribution in [0.1, 0.15) is 19.3 Å². The molecule has 1 saturated heterocycles. The van der Waals surface area contributed by atoms with Crippen molar-refractivity contribution >= 4 is 17.3 Å². The molecule has 1 heterocycles. The molecular weight excluding hydrogens is 229 g/mol. The van der Waals surface area contributed by atoms with Crippen LogP contribution in [0, 0.1) is 5.82 Å². The molecule has 0 spiro atoms. The maximum Gasteiger partial charge on any atom is 0.126 e. The van der Waals surface area contributed by atoms with Crippen LogP contribution in [-0.2, 0) is 4.74 Å². The molecule has 0 aliphatic carbocycles. The summed E-state index contributed by atoms with van der Waals surface area (Å²) in [6.07, 6.45) is 3.59. The standard InChI is InChI=1S/C12H15ClFNO/c13-9-6-10(14)8-11(7-9)15-4-3-12-2-1-5-16-12/h6-8,12,15H,1-5H2. The third kappa shape index (κ3) is 3.35. The molecular formula is C12H15ClFNO. The highest BCUT2D eigenvalue weighted by molar-refractivity contribution is 6.30. The van der Waals surface area contributed by atoms with Gasteiger partial charge < -0.3 is 10.1 Å². The summed E-state index contributed by atoms with van der Waals surface area (Å²) >= 11 is 5.75. The molecule has 0 amide bonds. The highest BCUT2D eigenvalue weighted by Crippen LogP contribution is 2.19. The van der Waals surface area contributed by atoms with Crippen molar-refractivity contribution in [3.05, 3.63) is 29.0 Å². The topological polar surface area (TPSA) is 21.3 Å². The van der Waals surface area contributed by atoms with E-state index in [4.69, 9.17) is 16.3 Å². The molecule has 16 heavy (non-hydrogen) atoms. The molecule has 1 aromatic carbocycles. The van der Waals surface area contributed by atoms with Crippen molar-refractivity contribution in [3.8, 4) is 0 Å². The Morgan fingerprint density at radius 3 is 3.00 bits per heavy atom. The molecule has 2 rings (SSSR count). The monoisotopic (exact) mass is 243 g/mol. The molecule has 0 radical (unpaired) electrons. The van der Waals surface area contributed by atoms with Crippen molar-refractivity contribution < 1.29 is 9.13 Å². The first-order chi connectivity index (χ1) is 7.74. The zero-order valence-electron chi connectivity index (χ0n) is 9.01. The van der Waals surface area contributed by atoms with Crippen LogP contribution in [0.15, 0.2) is 18.2 Å². The van der Waals surface area contributed by atoms with E-state index < -0.39 is 0 Å². The first-order valence-electron chi connectivity index (χ1n) is 5.55. The van der Waals surface area contributed by atoms with E-state index in [9.17, 15) is 4.39 Å². The summed E-state index contributed by atoms with van der Waals surface area (Å²) in [5.74, 6) is -0.313. The molecule has 1 aliphatic heterocycles. The van der Waals surface area contributed by atoms with Gasteiger partial charge in [-0.05, 0) is 37.5 Å². The van der Waals surface area contributed by atoms with Gasteiger partial charge in [0.1, 0.15) is 5.82 Å². The molecule has 1 aromatic rings. The Labute approximate surface area is 99.7 Å². The lowest BCUT2D eigenvalue weighted by Gasteiger charge is -2.11. The second-order valence-corrected chi connectivity index (χ2v) is 4.45. The van der Waals surface area contributed by atoms with E-state index >= 15 is 0 Å². The smallest absolute Gasteiger partial charge is 0.126 e. The number of nitrogens with one attached hydrogen (secondary N) is 1. The molecule has 1 fully saturated rings. The van der Waals surface area contributed by atoms with Gasteiger partial charge in [0.05, 0.1) is 6.10 Å². The number of benzene rings is 1. The van der Waals surface area contributed by atoms with E-state index in [1.807, 2.05) is 0 Å². The second kappa shape index (κ2) is 5.51. The van der Waals surface area contributed by atoms with E-state index in [1.165, 1.54) is 12.1 Å². The predicted octanol–water partition coefficient (Wildman–Crippen LogP) is 3.46. The molecule has 1 unspecified atom stereocenters. The minimum atomic E-state index is -0.313. The van der Waals surface area contributed by atoms with Crippen LogP contribution in [0.3, 0.4) is 0 Å². The molecule has 0 saturated carbocycles. The number of halogens is 2. The number of ether oxygens (including phenoxy) is 1. The van der Waals surface area contributed by atoms with Crippen LogP contribution < -0.4 is 5.32 Å². The average Bonchev–Trinajstić information content (AvgIpc) is 2.69. The van der Waals surface area contributed by atoms with Crippen molar-refractivity contribution in [1.82, 2.24) is 0 Å². The molecule has 88 valence electrons. The molecule has 1 atom stereocenters. The first kappa shape index (κ1) is 11.7. The van der Waals surface area contributed by atoms with Gasteiger partial charge in [-0.15, -0.1) is 0 Å². The molecule has 0 aromatic heterocycles. The van der Waals surface area contributed by atoms with E-state index in [0.717, 1.165) is 38.1 Å². The SMILES string of the molecule is Fc1cc(Cl)cc(NCCC2CCCO2)c1. The van der Waals surface area contributed by atoms with Crippen molar-refractivity contribution in [2.24, 2.45) is 0 Å². The van der Waals surface area contributed by atoms with Crippen LogP contribution in [0.4, 0.5) is 10.1 Å². The number of rotatable bonds is 4.